The van der Waals surface area contributed by atoms with Gasteiger partial charge in [0.1, 0.15) is 54.8 Å². The van der Waals surface area contributed by atoms with E-state index in [1.165, 1.54) is 39.8 Å². The summed E-state index contributed by atoms with van der Waals surface area (Å²) < 4.78 is 17.1. The number of nitrogens with one attached hydrogen (secondary N) is 6. The Kier molecular flexibility index (Phi) is 21.9. The quantitative estimate of drug-likeness (QED) is 0.129. The summed E-state index contributed by atoms with van der Waals surface area (Å²) in [6.07, 6.45) is -3.30. The van der Waals surface area contributed by atoms with Crippen LogP contribution in [0.3, 0.4) is 0 Å². The van der Waals surface area contributed by atoms with Gasteiger partial charge in [-0.25, -0.2) is 4.79 Å². The van der Waals surface area contributed by atoms with Crippen molar-refractivity contribution in [2.45, 2.75) is 134 Å². The first kappa shape index (κ1) is 59.1. The predicted octanol–water partition coefficient (Wildman–Crippen LogP) is -0.929. The van der Waals surface area contributed by atoms with Gasteiger partial charge in [-0.2, -0.15) is 0 Å². The van der Waals surface area contributed by atoms with Crippen LogP contribution in [0.15, 0.2) is 66.7 Å². The summed E-state index contributed by atoms with van der Waals surface area (Å²) in [6.45, 7) is 9.45. The standard InChI is InChI=1S/C51H73N7O15/c1-10-28(4)41-47(66)53-36-24-58(9)38(22-33-14-12-11-13-15-33)46(65)56-42(30(6)60)48(67)54-37(50(69)72-31(7)43(49(68)55-41)57-45(64)29(5)44(63)27(2)3)25-71-40(62)23-52-39(61)20-21-51(70,26-59)32(8)73-35-18-16-34(36)17-19-35/h11-21,27-32,36-38,41-44,59-60,63,70H,10,22-26H2,1-9H3,(H,52,61)(H,53,66)(H,54,67)(H,55,68)(H,56,65)(H,57,64)/b21-20+/t28?,29-,30-,31-,32-,36-,37+,38+,41-,42-,43+,44-,51+/m1/s1. The fourth-order valence-electron chi connectivity index (χ4n) is 8.04. The van der Waals surface area contributed by atoms with E-state index in [4.69, 9.17) is 14.2 Å². The maximum absolute atomic E-state index is 14.8. The highest BCUT2D eigenvalue weighted by Crippen LogP contribution is 2.25. The summed E-state index contributed by atoms with van der Waals surface area (Å²) in [6, 6.07) is 6.37. The molecule has 22 heteroatoms. The van der Waals surface area contributed by atoms with Crippen LogP contribution in [0.5, 0.6) is 5.75 Å². The second kappa shape index (κ2) is 27.0. The molecule has 1 saturated heterocycles. The fourth-order valence-corrected chi connectivity index (χ4v) is 8.04. The summed E-state index contributed by atoms with van der Waals surface area (Å²) >= 11 is 0. The van der Waals surface area contributed by atoms with Gasteiger partial charge in [0.05, 0.1) is 36.8 Å². The van der Waals surface area contributed by atoms with E-state index in [2.05, 4.69) is 31.9 Å². The Morgan fingerprint density at radius 3 is 2.04 bits per heavy atom. The Morgan fingerprint density at radius 2 is 1.44 bits per heavy atom. The number of aliphatic hydroxyl groups excluding tert-OH is 3. The lowest BCUT2D eigenvalue weighted by molar-refractivity contribution is -0.160. The molecule has 2 aromatic rings. The van der Waals surface area contributed by atoms with Crippen molar-refractivity contribution in [3.05, 3.63) is 77.9 Å². The largest absolute Gasteiger partial charge is 0.487 e. The minimum absolute atomic E-state index is 0.0513. The van der Waals surface area contributed by atoms with Gasteiger partial charge < -0.3 is 66.5 Å². The highest BCUT2D eigenvalue weighted by molar-refractivity contribution is 5.95. The average molecular weight is 1020 g/mol. The van der Waals surface area contributed by atoms with Gasteiger partial charge in [0.15, 0.2) is 6.04 Å². The number of benzene rings is 2. The molecule has 0 radical (unpaired) electrons. The van der Waals surface area contributed by atoms with Crippen LogP contribution in [0.1, 0.15) is 79.0 Å². The highest BCUT2D eigenvalue weighted by Gasteiger charge is 2.41. The third-order valence-electron chi connectivity index (χ3n) is 13.2. The zero-order valence-electron chi connectivity index (χ0n) is 42.8. The number of esters is 2. The highest BCUT2D eigenvalue weighted by atomic mass is 16.6. The molecule has 1 fully saturated rings. The lowest BCUT2D eigenvalue weighted by atomic mass is 9.93. The van der Waals surface area contributed by atoms with Crippen LogP contribution >= 0.6 is 0 Å². The van der Waals surface area contributed by atoms with E-state index in [1.807, 2.05) is 0 Å². The molecule has 3 aliphatic rings. The van der Waals surface area contributed by atoms with Crippen LogP contribution in [0.2, 0.25) is 0 Å². The van der Waals surface area contributed by atoms with E-state index < -0.39 is 145 Å². The Bertz CT molecular complexity index is 2260. The zero-order valence-corrected chi connectivity index (χ0v) is 42.8. The van der Waals surface area contributed by atoms with Crippen molar-refractivity contribution in [3.8, 4) is 5.75 Å². The second-order valence-electron chi connectivity index (χ2n) is 19.2. The molecule has 0 saturated carbocycles. The van der Waals surface area contributed by atoms with Crippen molar-refractivity contribution in [1.29, 1.82) is 0 Å². The van der Waals surface area contributed by atoms with Crippen LogP contribution in [-0.4, -0.2) is 166 Å². The van der Waals surface area contributed by atoms with Crippen LogP contribution in [0, 0.1) is 17.8 Å². The predicted molar refractivity (Wildman–Crippen MR) is 264 cm³/mol. The topological polar surface area (TPSA) is 321 Å². The Hall–Kier alpha value is -6.46. The number of aliphatic hydroxyl groups is 4. The second-order valence-corrected chi connectivity index (χ2v) is 19.2. The normalized spacial score (nSPS) is 28.9. The monoisotopic (exact) mass is 1020 g/mol. The number of likely N-dealkylation sites (N-methyl/N-ethyl adjacent to an activating group) is 1. The molecule has 73 heavy (non-hydrogen) atoms. The van der Waals surface area contributed by atoms with Gasteiger partial charge in [0.25, 0.3) is 0 Å². The first-order valence-electron chi connectivity index (χ1n) is 24.4. The van der Waals surface area contributed by atoms with Crippen molar-refractivity contribution in [2.75, 3.05) is 33.4 Å². The van der Waals surface area contributed by atoms with E-state index in [0.717, 1.165) is 12.2 Å². The number of hydrogen-bond donors (Lipinski definition) is 10. The Labute approximate surface area is 425 Å². The SMILES string of the molecule is CCC(C)[C@H]1NC(=O)[C@@H](NC(=O)[C@H](C)[C@H](O)C(C)C)[C@@H](C)OC(=O)[C@@H]2COC(=O)CNC(=O)/C=C/[C@](O)(CO)[C@@H](C)Oc3ccc(cc3)[C@@H](CN(C)[C@@H](Cc3ccccc3)C(=O)N[C@H]([C@@H](C)O)C(=O)N2)NC1=O. The molecule has 3 aliphatic heterocycles. The molecule has 5 rings (SSSR count). The van der Waals surface area contributed by atoms with Crippen LogP contribution < -0.4 is 36.6 Å². The molecule has 3 heterocycles. The molecule has 22 nitrogen and oxygen atoms in total. The van der Waals surface area contributed by atoms with Gasteiger partial charge in [0.2, 0.25) is 35.4 Å². The number of amides is 6. The smallest absolute Gasteiger partial charge is 0.332 e. The summed E-state index contributed by atoms with van der Waals surface area (Å²) in [5.41, 5.74) is -0.960. The van der Waals surface area contributed by atoms with Crippen LogP contribution in [0.4, 0.5) is 0 Å². The van der Waals surface area contributed by atoms with E-state index in [9.17, 15) is 58.8 Å². The summed E-state index contributed by atoms with van der Waals surface area (Å²) in [4.78, 5) is 114. The number of carbonyl (C=O) groups excluding carboxylic acids is 8. The number of cyclic esters (lactones) is 1. The molecule has 4 bridgehead atoms. The van der Waals surface area contributed by atoms with Crippen LogP contribution in [0.25, 0.3) is 0 Å². The molecule has 10 N–H and O–H groups in total. The molecule has 13 atom stereocenters. The van der Waals surface area contributed by atoms with Gasteiger partial charge in [-0.3, -0.25) is 38.5 Å². The van der Waals surface area contributed by atoms with Crippen molar-refractivity contribution in [2.24, 2.45) is 17.8 Å². The van der Waals surface area contributed by atoms with Crippen LogP contribution in [-0.2, 0) is 54.3 Å². The fraction of sp³-hybridized carbons (Fsp3) is 0.569. The van der Waals surface area contributed by atoms with Gasteiger partial charge >= 0.3 is 11.9 Å². The van der Waals surface area contributed by atoms with Crippen molar-refractivity contribution >= 4 is 47.4 Å². The lowest BCUT2D eigenvalue weighted by Gasteiger charge is -2.34. The molecular weight excluding hydrogens is 951 g/mol. The van der Waals surface area contributed by atoms with E-state index in [1.54, 1.807) is 82.1 Å². The molecule has 2 aromatic carbocycles. The maximum atomic E-state index is 14.8. The third kappa shape index (κ3) is 16.5. The van der Waals surface area contributed by atoms with Crippen molar-refractivity contribution in [3.63, 3.8) is 0 Å². The molecule has 1 unspecified atom stereocenters. The van der Waals surface area contributed by atoms with Gasteiger partial charge in [0, 0.05) is 12.6 Å². The number of rotatable bonds is 10. The minimum Gasteiger partial charge on any atom is -0.487 e. The number of carbonyl (C=O) groups is 8. The van der Waals surface area contributed by atoms with E-state index >= 15 is 0 Å². The first-order valence-corrected chi connectivity index (χ1v) is 24.4. The molecule has 402 valence electrons. The molecule has 6 amide bonds. The molecular formula is C51H73N7O15. The summed E-state index contributed by atoms with van der Waals surface area (Å²) in [5, 5.41) is 59.0. The first-order chi connectivity index (χ1) is 34.4. The zero-order chi connectivity index (χ0) is 54.3. The number of nitrogens with zero attached hydrogens (tertiary/aromatic N) is 1. The summed E-state index contributed by atoms with van der Waals surface area (Å²) in [7, 11) is 1.61. The lowest BCUT2D eigenvalue weighted by Crippen LogP contribution is -2.61. The number of hydrogen-bond acceptors (Lipinski definition) is 16. The molecule has 0 aromatic heterocycles. The van der Waals surface area contributed by atoms with E-state index in [0.29, 0.717) is 17.5 Å². The Balaban J connectivity index is 1.99. The summed E-state index contributed by atoms with van der Waals surface area (Å²) in [5.74, 6) is -9.60. The number of fused-ring (bicyclic) bond motifs is 11. The molecule has 0 spiro atoms. The minimum atomic E-state index is -2.13. The maximum Gasteiger partial charge on any atom is 0.332 e. The Morgan fingerprint density at radius 1 is 0.822 bits per heavy atom. The van der Waals surface area contributed by atoms with Gasteiger partial charge in [-0.15, -0.1) is 0 Å². The average Bonchev–Trinajstić information content (AvgIpc) is 3.36. The van der Waals surface area contributed by atoms with Crippen molar-refractivity contribution in [1.82, 2.24) is 36.8 Å². The molecule has 0 aliphatic carbocycles. The van der Waals surface area contributed by atoms with Gasteiger partial charge in [-0.1, -0.05) is 83.5 Å². The van der Waals surface area contributed by atoms with Crippen molar-refractivity contribution < 1.29 is 73.0 Å². The van der Waals surface area contributed by atoms with Gasteiger partial charge in [-0.05, 0) is 75.4 Å². The third-order valence-corrected chi connectivity index (χ3v) is 13.2. The number of ether oxygens (including phenoxy) is 3. The van der Waals surface area contributed by atoms with E-state index in [-0.39, 0.29) is 24.6 Å².